The first-order chi connectivity index (χ1) is 32.1. The smallest absolute Gasteiger partial charge is 0.386 e. The Kier molecular flexibility index (Phi) is 24.8. The van der Waals surface area contributed by atoms with Gasteiger partial charge in [-0.1, -0.05) is 118 Å². The normalized spacial score (nSPS) is 21.4. The Morgan fingerprint density at radius 2 is 1.46 bits per heavy atom. The van der Waals surface area contributed by atoms with E-state index in [-0.39, 0.29) is 47.5 Å². The Bertz CT molecular complexity index is 2100. The summed E-state index contributed by atoms with van der Waals surface area (Å²) in [6.45, 7) is 11.9. The number of nitrogens with one attached hydrogen (secondary N) is 2. The summed E-state index contributed by atoms with van der Waals surface area (Å²) in [6, 6.07) is 0. The van der Waals surface area contributed by atoms with Crippen LogP contribution < -0.4 is 16.4 Å². The highest BCUT2D eigenvalue weighted by molar-refractivity contribution is 8.13. The first-order valence-electron chi connectivity index (χ1n) is 23.1. The molecular formula is C41H74N7O17P3S. The number of aromatic nitrogens is 4. The number of fused-ring (bicyclic) bond motifs is 1. The number of phosphoric ester groups is 3. The second-order valence-corrected chi connectivity index (χ2v) is 24.4. The van der Waals surface area contributed by atoms with Gasteiger partial charge in [-0.3, -0.25) is 32.5 Å². The summed E-state index contributed by atoms with van der Waals surface area (Å²) >= 11 is 1.16. The Morgan fingerprint density at radius 3 is 2.07 bits per heavy atom. The van der Waals surface area contributed by atoms with Gasteiger partial charge in [-0.2, -0.15) is 4.31 Å². The zero-order chi connectivity index (χ0) is 51.7. The number of nitrogens with two attached hydrogens (primary N) is 1. The number of rotatable bonds is 33. The maximum atomic E-state index is 12.8. The fourth-order valence-corrected chi connectivity index (χ4v) is 11.2. The van der Waals surface area contributed by atoms with E-state index in [0.717, 1.165) is 60.1 Å². The topological polar surface area (TPSA) is 364 Å². The van der Waals surface area contributed by atoms with E-state index < -0.39 is 84.6 Å². The van der Waals surface area contributed by atoms with Crippen molar-refractivity contribution < 1.29 is 80.5 Å². The van der Waals surface area contributed by atoms with Gasteiger partial charge in [-0.15, -0.1) is 0 Å². The van der Waals surface area contributed by atoms with Crippen molar-refractivity contribution in [1.29, 1.82) is 0 Å². The largest absolute Gasteiger partial charge is 0.481 e. The Hall–Kier alpha value is -2.44. The molecule has 3 unspecified atom stereocenters. The maximum absolute atomic E-state index is 12.8. The van der Waals surface area contributed by atoms with Crippen LogP contribution in [-0.2, 0) is 50.7 Å². The third-order valence-corrected chi connectivity index (χ3v) is 15.5. The van der Waals surface area contributed by atoms with Crippen molar-refractivity contribution in [1.82, 2.24) is 30.2 Å². The van der Waals surface area contributed by atoms with Gasteiger partial charge < -0.3 is 50.9 Å². The van der Waals surface area contributed by atoms with E-state index in [0.29, 0.717) is 18.1 Å². The molecular weight excluding hydrogens is 987 g/mol. The standard InChI is InChI=1S/C41H74N7O17P3S/c1-26(2)11-8-12-27(3)13-9-14-28(4)15-10-16-29(5)21-32(50)69-20-19-43-31(49)17-18-44-39(53)36(52)41(6,7)23-62-68(59,60)65-67(57,58)61-22-30-35(64-66(54,55)56)34(51)40(63-30)48-25-47-33-37(42)45-24-46-38(33)48/h24-30,34-36,40,51-52H,8-23H2,1-7H3,(H,43,49)(H,44,53)(H,57,58)(H,59,60)(H2,42,45,46)(H2,54,55,56)/t27-,28-,29?,30-,34-,35-,36+,40-/m1/s1. The van der Waals surface area contributed by atoms with Crippen molar-refractivity contribution in [3.63, 3.8) is 0 Å². The van der Waals surface area contributed by atoms with E-state index in [2.05, 4.69) is 69.0 Å². The number of aliphatic hydroxyl groups is 2. The molecule has 1 aliphatic heterocycles. The lowest BCUT2D eigenvalue weighted by atomic mass is 9.87. The zero-order valence-corrected chi connectivity index (χ0v) is 44.0. The highest BCUT2D eigenvalue weighted by Crippen LogP contribution is 2.61. The number of hydrogen-bond acceptors (Lipinski definition) is 18. The molecule has 69 heavy (non-hydrogen) atoms. The molecule has 28 heteroatoms. The van der Waals surface area contributed by atoms with Crippen LogP contribution in [0, 0.1) is 29.1 Å². The molecule has 396 valence electrons. The molecule has 2 aromatic rings. The highest BCUT2D eigenvalue weighted by atomic mass is 32.2. The Morgan fingerprint density at radius 1 is 0.870 bits per heavy atom. The van der Waals surface area contributed by atoms with Gasteiger partial charge >= 0.3 is 23.5 Å². The van der Waals surface area contributed by atoms with Gasteiger partial charge in [0.05, 0.1) is 19.5 Å². The average molecular weight is 1060 g/mol. The molecule has 2 amide bonds. The minimum atomic E-state index is -5.58. The molecule has 3 heterocycles. The number of phosphoric acid groups is 3. The summed E-state index contributed by atoms with van der Waals surface area (Å²) in [4.78, 5) is 88.9. The molecule has 0 saturated carbocycles. The monoisotopic (exact) mass is 1060 g/mol. The lowest BCUT2D eigenvalue weighted by Crippen LogP contribution is -2.46. The first-order valence-corrected chi connectivity index (χ1v) is 28.6. The number of nitrogen functional groups attached to an aromatic ring is 1. The number of aliphatic hydroxyl groups excluding tert-OH is 2. The van der Waals surface area contributed by atoms with E-state index in [4.69, 9.17) is 19.5 Å². The second kappa shape index (κ2) is 28.1. The van der Waals surface area contributed by atoms with Gasteiger partial charge in [-0.05, 0) is 23.7 Å². The molecule has 2 aromatic heterocycles. The summed E-state index contributed by atoms with van der Waals surface area (Å²) in [5.74, 6) is 1.45. The van der Waals surface area contributed by atoms with Gasteiger partial charge in [0.2, 0.25) is 11.8 Å². The molecule has 0 aliphatic carbocycles. The van der Waals surface area contributed by atoms with Crippen molar-refractivity contribution in [2.75, 3.05) is 37.8 Å². The van der Waals surface area contributed by atoms with Gasteiger partial charge in [0.25, 0.3) is 0 Å². The van der Waals surface area contributed by atoms with E-state index in [9.17, 15) is 57.9 Å². The quantitative estimate of drug-likeness (QED) is 0.0330. The number of anilines is 1. The predicted molar refractivity (Wildman–Crippen MR) is 256 cm³/mol. The summed E-state index contributed by atoms with van der Waals surface area (Å²) in [5.41, 5.74) is 4.29. The van der Waals surface area contributed by atoms with E-state index in [1.165, 1.54) is 52.4 Å². The molecule has 3 rings (SSSR count). The minimum absolute atomic E-state index is 0.0332. The SMILES string of the molecule is CC(C)CCC[C@@H](C)CCC[C@@H](C)CCCC(C)CC(=O)SCCNC(=O)CCNC(=O)[C@H](O)C(C)(C)COP(=O)(O)OP(=O)(O)OC[C@H]1O[C@@H](n2cnc3c(N)ncnc32)[C@H](O)[C@@H]1OP(=O)(O)O. The number of thioether (sulfide) groups is 1. The van der Waals surface area contributed by atoms with Crippen LogP contribution in [0.4, 0.5) is 5.82 Å². The number of ether oxygens (including phenoxy) is 1. The molecule has 10 atom stereocenters. The molecule has 1 saturated heterocycles. The Labute approximate surface area is 407 Å². The van der Waals surface area contributed by atoms with E-state index in [1.54, 1.807) is 0 Å². The van der Waals surface area contributed by atoms with Crippen molar-refractivity contribution in [2.24, 2.45) is 29.1 Å². The zero-order valence-electron chi connectivity index (χ0n) is 40.5. The van der Waals surface area contributed by atoms with Crippen LogP contribution >= 0.6 is 35.2 Å². The third-order valence-electron chi connectivity index (χ3n) is 11.5. The van der Waals surface area contributed by atoms with Crippen LogP contribution in [0.1, 0.15) is 125 Å². The second-order valence-electron chi connectivity index (χ2n) is 19.0. The molecule has 0 bridgehead atoms. The predicted octanol–water partition coefficient (Wildman–Crippen LogP) is 5.13. The molecule has 0 radical (unpaired) electrons. The van der Waals surface area contributed by atoms with Crippen molar-refractivity contribution >= 4 is 69.1 Å². The molecule has 1 fully saturated rings. The lowest BCUT2D eigenvalue weighted by Gasteiger charge is -2.30. The average Bonchev–Trinajstić information content (AvgIpc) is 3.80. The van der Waals surface area contributed by atoms with Crippen LogP contribution in [0.25, 0.3) is 11.2 Å². The summed E-state index contributed by atoms with van der Waals surface area (Å²) in [7, 11) is -16.4. The number of hydrogen-bond donors (Lipinski definition) is 9. The van der Waals surface area contributed by atoms with Crippen molar-refractivity contribution in [3.8, 4) is 0 Å². The molecule has 0 spiro atoms. The number of nitrogens with zero attached hydrogens (tertiary/aromatic N) is 4. The molecule has 0 aromatic carbocycles. The Balaban J connectivity index is 1.33. The molecule has 24 nitrogen and oxygen atoms in total. The summed E-state index contributed by atoms with van der Waals surface area (Å²) in [5, 5.41) is 26.7. The molecule has 10 N–H and O–H groups in total. The van der Waals surface area contributed by atoms with Crippen molar-refractivity contribution in [3.05, 3.63) is 12.7 Å². The maximum Gasteiger partial charge on any atom is 0.481 e. The number of imidazole rings is 1. The highest BCUT2D eigenvalue weighted by Gasteiger charge is 2.50. The lowest BCUT2D eigenvalue weighted by molar-refractivity contribution is -0.137. The van der Waals surface area contributed by atoms with Crippen LogP contribution in [0.5, 0.6) is 0 Å². The van der Waals surface area contributed by atoms with Crippen molar-refractivity contribution in [2.45, 2.75) is 150 Å². The van der Waals surface area contributed by atoms with Crippen LogP contribution in [0.2, 0.25) is 0 Å². The fourth-order valence-electron chi connectivity index (χ4n) is 7.53. The van der Waals surface area contributed by atoms with Crippen LogP contribution in [0.3, 0.4) is 0 Å². The number of carbonyl (C=O) groups excluding carboxylic acids is 3. The van der Waals surface area contributed by atoms with Gasteiger partial charge in [0.15, 0.2) is 22.8 Å². The number of carbonyl (C=O) groups is 3. The van der Waals surface area contributed by atoms with Crippen LogP contribution in [-0.4, -0.2) is 123 Å². The van der Waals surface area contributed by atoms with E-state index >= 15 is 0 Å². The summed E-state index contributed by atoms with van der Waals surface area (Å²) < 4.78 is 62.5. The first kappa shape index (κ1) is 60.9. The molecule has 1 aliphatic rings. The van der Waals surface area contributed by atoms with Gasteiger partial charge in [0.1, 0.15) is 36.3 Å². The van der Waals surface area contributed by atoms with E-state index in [1.807, 2.05) is 0 Å². The summed E-state index contributed by atoms with van der Waals surface area (Å²) in [6.07, 6.45) is 4.52. The van der Waals surface area contributed by atoms with Gasteiger partial charge in [-0.25, -0.2) is 28.6 Å². The third kappa shape index (κ3) is 22.1. The fraction of sp³-hybridized carbons (Fsp3) is 0.805. The minimum Gasteiger partial charge on any atom is -0.386 e. The van der Waals surface area contributed by atoms with Crippen LogP contribution in [0.15, 0.2) is 12.7 Å². The number of amides is 2. The van der Waals surface area contributed by atoms with Gasteiger partial charge in [0, 0.05) is 37.1 Å².